The largest absolute Gasteiger partial charge is 0.493 e. The van der Waals surface area contributed by atoms with Gasteiger partial charge < -0.3 is 19.5 Å². The van der Waals surface area contributed by atoms with Gasteiger partial charge in [0.15, 0.2) is 18.3 Å². The molecule has 96 valence electrons. The summed E-state index contributed by atoms with van der Waals surface area (Å²) in [6.07, 6.45) is 0. The molecule has 4 nitrogen and oxygen atoms in total. The van der Waals surface area contributed by atoms with Crippen molar-refractivity contribution < 1.29 is 14.2 Å². The van der Waals surface area contributed by atoms with Crippen molar-refractivity contribution in [3.05, 3.63) is 23.8 Å². The van der Waals surface area contributed by atoms with Crippen LogP contribution in [0.5, 0.6) is 11.5 Å². The minimum absolute atomic E-state index is 0.217. The lowest BCUT2D eigenvalue weighted by molar-refractivity contribution is 0.0483. The molecule has 0 saturated heterocycles. The fraction of sp³-hybridized carbons (Fsp3) is 0.538. The molecule has 4 heteroatoms. The summed E-state index contributed by atoms with van der Waals surface area (Å²) >= 11 is 0. The van der Waals surface area contributed by atoms with Crippen molar-refractivity contribution in [1.29, 1.82) is 0 Å². The molecule has 1 N–H and O–H groups in total. The van der Waals surface area contributed by atoms with Crippen LogP contribution in [0.1, 0.15) is 19.4 Å². The summed E-state index contributed by atoms with van der Waals surface area (Å²) in [5.74, 6) is 1.47. The number of rotatable bonds is 7. The van der Waals surface area contributed by atoms with E-state index < -0.39 is 0 Å². The molecule has 0 radical (unpaired) electrons. The highest BCUT2D eigenvalue weighted by molar-refractivity contribution is 5.46. The zero-order valence-electron chi connectivity index (χ0n) is 10.9. The molecule has 0 atom stereocenters. The molecule has 0 aliphatic carbocycles. The molecule has 0 spiro atoms. The summed E-state index contributed by atoms with van der Waals surface area (Å²) in [6, 6.07) is 6.28. The van der Waals surface area contributed by atoms with Crippen molar-refractivity contribution in [1.82, 2.24) is 5.32 Å². The highest BCUT2D eigenvalue weighted by Crippen LogP contribution is 2.31. The Kier molecular flexibility index (Phi) is 5.80. The third kappa shape index (κ3) is 4.24. The third-order valence-electron chi connectivity index (χ3n) is 2.30. The molecule has 1 aromatic carbocycles. The minimum Gasteiger partial charge on any atom is -0.493 e. The summed E-state index contributed by atoms with van der Waals surface area (Å²) in [5, 5.41) is 3.35. The zero-order valence-corrected chi connectivity index (χ0v) is 10.9. The van der Waals surface area contributed by atoms with Crippen LogP contribution in [0, 0.1) is 0 Å². The molecule has 0 heterocycles. The van der Waals surface area contributed by atoms with Gasteiger partial charge in [0.2, 0.25) is 0 Å². The number of para-hydroxylation sites is 1. The number of ether oxygens (including phenoxy) is 3. The molecule has 0 unspecified atom stereocenters. The van der Waals surface area contributed by atoms with E-state index in [1.165, 1.54) is 0 Å². The average Bonchev–Trinajstić information content (AvgIpc) is 2.33. The van der Waals surface area contributed by atoms with Crippen LogP contribution in [0.3, 0.4) is 0 Å². The molecule has 1 aromatic rings. The van der Waals surface area contributed by atoms with Crippen molar-refractivity contribution in [3.8, 4) is 11.5 Å². The van der Waals surface area contributed by atoms with Gasteiger partial charge in [-0.25, -0.2) is 0 Å². The van der Waals surface area contributed by atoms with Crippen LogP contribution in [0.4, 0.5) is 0 Å². The normalized spacial score (nSPS) is 10.6. The SMILES string of the molecule is COCOc1c(CNC(C)C)cccc1OC. The fourth-order valence-corrected chi connectivity index (χ4v) is 1.46. The average molecular weight is 239 g/mol. The van der Waals surface area contributed by atoms with Crippen LogP contribution in [0.25, 0.3) is 0 Å². The van der Waals surface area contributed by atoms with Crippen LogP contribution >= 0.6 is 0 Å². The maximum atomic E-state index is 5.55. The first-order valence-electron chi connectivity index (χ1n) is 5.70. The second-order valence-corrected chi connectivity index (χ2v) is 4.03. The molecule has 0 aliphatic rings. The van der Waals surface area contributed by atoms with Crippen molar-refractivity contribution in [2.45, 2.75) is 26.4 Å². The Bertz CT molecular complexity index is 339. The molecule has 0 amide bonds. The molecule has 0 bridgehead atoms. The Morgan fingerprint density at radius 2 is 2.00 bits per heavy atom. The van der Waals surface area contributed by atoms with Gasteiger partial charge in [-0.05, 0) is 6.07 Å². The first-order valence-corrected chi connectivity index (χ1v) is 5.70. The molecule has 17 heavy (non-hydrogen) atoms. The van der Waals surface area contributed by atoms with E-state index in [0.29, 0.717) is 6.04 Å². The Hall–Kier alpha value is -1.26. The van der Waals surface area contributed by atoms with Crippen LogP contribution in [-0.2, 0) is 11.3 Å². The van der Waals surface area contributed by atoms with Crippen molar-refractivity contribution in [2.24, 2.45) is 0 Å². The van der Waals surface area contributed by atoms with Crippen LogP contribution in [-0.4, -0.2) is 27.1 Å². The van der Waals surface area contributed by atoms with Gasteiger partial charge in [0, 0.05) is 25.3 Å². The summed E-state index contributed by atoms with van der Waals surface area (Å²) in [7, 11) is 3.23. The van der Waals surface area contributed by atoms with E-state index in [0.717, 1.165) is 23.6 Å². The predicted molar refractivity (Wildman–Crippen MR) is 67.5 cm³/mol. The van der Waals surface area contributed by atoms with E-state index in [2.05, 4.69) is 19.2 Å². The number of nitrogens with one attached hydrogen (secondary N) is 1. The van der Waals surface area contributed by atoms with Crippen molar-refractivity contribution >= 4 is 0 Å². The fourth-order valence-electron chi connectivity index (χ4n) is 1.46. The van der Waals surface area contributed by atoms with Crippen LogP contribution in [0.15, 0.2) is 18.2 Å². The van der Waals surface area contributed by atoms with Gasteiger partial charge in [0.25, 0.3) is 0 Å². The lowest BCUT2D eigenvalue weighted by Crippen LogP contribution is -2.22. The van der Waals surface area contributed by atoms with Crippen molar-refractivity contribution in [3.63, 3.8) is 0 Å². The van der Waals surface area contributed by atoms with Gasteiger partial charge in [-0.2, -0.15) is 0 Å². The lowest BCUT2D eigenvalue weighted by Gasteiger charge is -2.16. The Balaban J connectivity index is 2.85. The molecule has 0 aliphatic heterocycles. The van der Waals surface area contributed by atoms with Gasteiger partial charge >= 0.3 is 0 Å². The van der Waals surface area contributed by atoms with E-state index in [1.807, 2.05) is 18.2 Å². The Labute approximate surface area is 103 Å². The van der Waals surface area contributed by atoms with Crippen LogP contribution in [0.2, 0.25) is 0 Å². The summed E-state index contributed by atoms with van der Waals surface area (Å²) in [4.78, 5) is 0. The highest BCUT2D eigenvalue weighted by Gasteiger charge is 2.10. The monoisotopic (exact) mass is 239 g/mol. The first-order chi connectivity index (χ1) is 8.19. The Morgan fingerprint density at radius 1 is 1.24 bits per heavy atom. The number of methoxy groups -OCH3 is 2. The third-order valence-corrected chi connectivity index (χ3v) is 2.30. The molecule has 0 fully saturated rings. The summed E-state index contributed by atoms with van der Waals surface area (Å²) < 4.78 is 15.8. The smallest absolute Gasteiger partial charge is 0.188 e. The van der Waals surface area contributed by atoms with Gasteiger partial charge in [-0.1, -0.05) is 26.0 Å². The minimum atomic E-state index is 0.217. The quantitative estimate of drug-likeness (QED) is 0.740. The second kappa shape index (κ2) is 7.14. The molecular weight excluding hydrogens is 218 g/mol. The van der Waals surface area contributed by atoms with Gasteiger partial charge in [0.1, 0.15) is 0 Å². The maximum absolute atomic E-state index is 5.55. The summed E-state index contributed by atoms with van der Waals surface area (Å²) in [5.41, 5.74) is 1.06. The first kappa shape index (κ1) is 13.8. The Morgan fingerprint density at radius 3 is 2.59 bits per heavy atom. The highest BCUT2D eigenvalue weighted by atomic mass is 16.7. The van der Waals surface area contributed by atoms with Crippen LogP contribution < -0.4 is 14.8 Å². The van der Waals surface area contributed by atoms with E-state index in [4.69, 9.17) is 14.2 Å². The van der Waals surface area contributed by atoms with E-state index in [9.17, 15) is 0 Å². The standard InChI is InChI=1S/C13H21NO3/c1-10(2)14-8-11-6-5-7-12(16-4)13(11)17-9-15-3/h5-7,10,14H,8-9H2,1-4H3. The second-order valence-electron chi connectivity index (χ2n) is 4.03. The number of benzene rings is 1. The maximum Gasteiger partial charge on any atom is 0.188 e. The summed E-state index contributed by atoms with van der Waals surface area (Å²) in [6.45, 7) is 5.18. The lowest BCUT2D eigenvalue weighted by atomic mass is 10.1. The van der Waals surface area contributed by atoms with Gasteiger partial charge in [-0.15, -0.1) is 0 Å². The predicted octanol–water partition coefficient (Wildman–Crippen LogP) is 2.18. The van der Waals surface area contributed by atoms with E-state index in [1.54, 1.807) is 14.2 Å². The number of hydrogen-bond donors (Lipinski definition) is 1. The molecule has 0 saturated carbocycles. The van der Waals surface area contributed by atoms with E-state index in [-0.39, 0.29) is 6.79 Å². The molecule has 0 aromatic heterocycles. The van der Waals surface area contributed by atoms with Gasteiger partial charge in [-0.3, -0.25) is 0 Å². The topological polar surface area (TPSA) is 39.7 Å². The molecular formula is C13H21NO3. The number of hydrogen-bond acceptors (Lipinski definition) is 4. The zero-order chi connectivity index (χ0) is 12.7. The molecule has 1 rings (SSSR count). The van der Waals surface area contributed by atoms with E-state index >= 15 is 0 Å². The van der Waals surface area contributed by atoms with Gasteiger partial charge in [0.05, 0.1) is 7.11 Å². The van der Waals surface area contributed by atoms with Crippen molar-refractivity contribution in [2.75, 3.05) is 21.0 Å².